The van der Waals surface area contributed by atoms with E-state index in [4.69, 9.17) is 42.3 Å². The summed E-state index contributed by atoms with van der Waals surface area (Å²) in [6.45, 7) is 5.28. The summed E-state index contributed by atoms with van der Waals surface area (Å²) in [6, 6.07) is 14.0. The maximum Gasteiger partial charge on any atom is 0.307 e. The number of aliphatic hydroxyl groups is 1. The van der Waals surface area contributed by atoms with Crippen molar-refractivity contribution in [2.45, 2.75) is 51.3 Å². The first-order valence-corrected chi connectivity index (χ1v) is 17.7. The predicted molar refractivity (Wildman–Crippen MR) is 191 cm³/mol. The molecule has 12 heteroatoms. The lowest BCUT2D eigenvalue weighted by atomic mass is 9.94. The van der Waals surface area contributed by atoms with Crippen molar-refractivity contribution in [2.75, 3.05) is 33.3 Å². The molecule has 0 amide bonds. The van der Waals surface area contributed by atoms with Crippen LogP contribution in [-0.2, 0) is 17.8 Å². The van der Waals surface area contributed by atoms with Crippen LogP contribution in [0.25, 0.3) is 44.9 Å². The molecule has 2 aromatic heterocycles. The highest BCUT2D eigenvalue weighted by Crippen LogP contribution is 2.46. The van der Waals surface area contributed by atoms with Gasteiger partial charge in [0, 0.05) is 48.9 Å². The molecule has 0 spiro atoms. The SMILES string of the molecule is COc1nc(-c2cccc(-c3cccc(-c4nc5cc6c(c(Cl)c5o4)CC[C@H]6N4CC[C@@H](C(=O)O)C4)c3C)c2Cl)cnc1CN1CC[C@@H](O)C1. The lowest BCUT2D eigenvalue weighted by Crippen LogP contribution is -2.26. The number of likely N-dealkylation sites (tertiary alicyclic amines) is 2. The number of aliphatic carboxylic acids is 1. The summed E-state index contributed by atoms with van der Waals surface area (Å²) in [6.07, 6.45) is 4.51. The van der Waals surface area contributed by atoms with E-state index in [1.54, 1.807) is 13.3 Å². The molecule has 5 aromatic rings. The smallest absolute Gasteiger partial charge is 0.307 e. The van der Waals surface area contributed by atoms with Gasteiger partial charge in [0.25, 0.3) is 0 Å². The normalized spacial score (nSPS) is 20.9. The number of β-amino-alcohol motifs (C(OH)–C–C–N with tert-alkyl or cyclic N) is 1. The minimum atomic E-state index is -0.732. The Kier molecular flexibility index (Phi) is 8.77. The lowest BCUT2D eigenvalue weighted by molar-refractivity contribution is -0.141. The third kappa shape index (κ3) is 5.82. The number of hydrogen-bond acceptors (Lipinski definition) is 9. The number of nitrogens with zero attached hydrogens (tertiary/aromatic N) is 5. The number of hydrogen-bond donors (Lipinski definition) is 2. The van der Waals surface area contributed by atoms with Crippen LogP contribution in [0.1, 0.15) is 47.7 Å². The second-order valence-electron chi connectivity index (χ2n) is 13.5. The molecule has 3 aliphatic rings. The minimum absolute atomic E-state index is 0.121. The molecule has 3 aromatic carbocycles. The second-order valence-corrected chi connectivity index (χ2v) is 14.3. The zero-order chi connectivity index (χ0) is 34.7. The van der Waals surface area contributed by atoms with Gasteiger partial charge in [-0.2, -0.15) is 0 Å². The Labute approximate surface area is 299 Å². The molecule has 2 N–H and O–H groups in total. The van der Waals surface area contributed by atoms with Crippen molar-refractivity contribution >= 4 is 40.3 Å². The lowest BCUT2D eigenvalue weighted by Gasteiger charge is -2.24. The average molecular weight is 715 g/mol. The largest absolute Gasteiger partial charge is 0.481 e. The van der Waals surface area contributed by atoms with Crippen LogP contribution in [0, 0.1) is 12.8 Å². The summed E-state index contributed by atoms with van der Waals surface area (Å²) in [7, 11) is 1.58. The van der Waals surface area contributed by atoms with E-state index in [1.807, 2.05) is 43.3 Å². The maximum atomic E-state index is 11.6. The van der Waals surface area contributed by atoms with E-state index >= 15 is 0 Å². The van der Waals surface area contributed by atoms with Crippen molar-refractivity contribution in [1.29, 1.82) is 0 Å². The van der Waals surface area contributed by atoms with Crippen LogP contribution in [0.5, 0.6) is 5.88 Å². The third-order valence-corrected chi connectivity index (χ3v) is 11.4. The number of fused-ring (bicyclic) bond motifs is 2. The van der Waals surface area contributed by atoms with Crippen LogP contribution in [0.4, 0.5) is 0 Å². The van der Waals surface area contributed by atoms with Crippen molar-refractivity contribution in [3.63, 3.8) is 0 Å². The molecular weight excluding hydrogens is 677 g/mol. The van der Waals surface area contributed by atoms with Crippen LogP contribution in [0.15, 0.2) is 53.1 Å². The van der Waals surface area contributed by atoms with Gasteiger partial charge < -0.3 is 19.4 Å². The first-order chi connectivity index (χ1) is 24.2. The van der Waals surface area contributed by atoms with E-state index in [-0.39, 0.29) is 18.1 Å². The summed E-state index contributed by atoms with van der Waals surface area (Å²) < 4.78 is 12.0. The Morgan fingerprint density at radius 2 is 1.78 bits per heavy atom. The predicted octanol–water partition coefficient (Wildman–Crippen LogP) is 7.20. The molecule has 2 aliphatic heterocycles. The van der Waals surface area contributed by atoms with Crippen molar-refractivity contribution in [3.8, 4) is 39.7 Å². The molecule has 2 saturated heterocycles. The molecule has 4 heterocycles. The quantitative estimate of drug-likeness (QED) is 0.171. The van der Waals surface area contributed by atoms with Crippen LogP contribution in [0.3, 0.4) is 0 Å². The summed E-state index contributed by atoms with van der Waals surface area (Å²) >= 11 is 14.1. The molecule has 2 fully saturated rings. The Hall–Kier alpha value is -4.06. The summed E-state index contributed by atoms with van der Waals surface area (Å²) in [5.41, 5.74) is 9.00. The van der Waals surface area contributed by atoms with E-state index in [9.17, 15) is 15.0 Å². The molecular formula is C38H37Cl2N5O5. The number of rotatable bonds is 8. The molecule has 50 heavy (non-hydrogen) atoms. The van der Waals surface area contributed by atoms with E-state index in [1.165, 1.54) is 0 Å². The fourth-order valence-electron chi connectivity index (χ4n) is 7.90. The molecule has 0 saturated carbocycles. The number of aromatic nitrogens is 3. The highest BCUT2D eigenvalue weighted by molar-refractivity contribution is 6.36. The highest BCUT2D eigenvalue weighted by Gasteiger charge is 2.37. The zero-order valence-electron chi connectivity index (χ0n) is 27.8. The van der Waals surface area contributed by atoms with Crippen molar-refractivity contribution in [2.24, 2.45) is 5.92 Å². The van der Waals surface area contributed by atoms with Crippen LogP contribution in [-0.4, -0.2) is 80.3 Å². The van der Waals surface area contributed by atoms with Gasteiger partial charge in [0.05, 0.1) is 41.1 Å². The third-order valence-electron chi connectivity index (χ3n) is 10.5. The van der Waals surface area contributed by atoms with Crippen molar-refractivity contribution in [1.82, 2.24) is 24.8 Å². The van der Waals surface area contributed by atoms with Gasteiger partial charge in [-0.25, -0.2) is 9.97 Å². The van der Waals surface area contributed by atoms with Crippen LogP contribution in [0.2, 0.25) is 10.0 Å². The minimum Gasteiger partial charge on any atom is -0.481 e. The van der Waals surface area contributed by atoms with Crippen molar-refractivity contribution in [3.05, 3.63) is 81.1 Å². The van der Waals surface area contributed by atoms with E-state index in [0.717, 1.165) is 71.3 Å². The van der Waals surface area contributed by atoms with Gasteiger partial charge in [-0.3, -0.25) is 19.6 Å². The number of halogens is 2. The van der Waals surface area contributed by atoms with Gasteiger partial charge in [0.2, 0.25) is 11.8 Å². The monoisotopic (exact) mass is 713 g/mol. The zero-order valence-corrected chi connectivity index (χ0v) is 29.3. The molecule has 0 unspecified atom stereocenters. The fraction of sp³-hybridized carbons (Fsp3) is 0.368. The number of aliphatic hydroxyl groups excluding tert-OH is 1. The average Bonchev–Trinajstić information content (AvgIpc) is 3.92. The van der Waals surface area contributed by atoms with E-state index in [2.05, 4.69) is 20.9 Å². The Morgan fingerprint density at radius 3 is 2.52 bits per heavy atom. The Balaban J connectivity index is 1.11. The number of oxazole rings is 1. The van der Waals surface area contributed by atoms with E-state index in [0.29, 0.717) is 70.4 Å². The second kappa shape index (κ2) is 13.2. The maximum absolute atomic E-state index is 11.6. The first kappa shape index (κ1) is 33.1. The highest BCUT2D eigenvalue weighted by atomic mass is 35.5. The van der Waals surface area contributed by atoms with Gasteiger partial charge in [-0.1, -0.05) is 53.5 Å². The van der Waals surface area contributed by atoms with Gasteiger partial charge in [0.15, 0.2) is 5.58 Å². The first-order valence-electron chi connectivity index (χ1n) is 17.0. The summed E-state index contributed by atoms with van der Waals surface area (Å²) in [5, 5.41) is 20.6. The van der Waals surface area contributed by atoms with E-state index < -0.39 is 5.97 Å². The fourth-order valence-corrected chi connectivity index (χ4v) is 8.57. The van der Waals surface area contributed by atoms with Gasteiger partial charge in [-0.15, -0.1) is 0 Å². The number of ether oxygens (including phenoxy) is 1. The summed E-state index contributed by atoms with van der Waals surface area (Å²) in [4.78, 5) is 30.4. The van der Waals surface area contributed by atoms with Gasteiger partial charge in [-0.05, 0) is 73.5 Å². The Bertz CT molecular complexity index is 2140. The molecule has 8 rings (SSSR count). The van der Waals surface area contributed by atoms with Gasteiger partial charge >= 0.3 is 5.97 Å². The van der Waals surface area contributed by atoms with Crippen molar-refractivity contribution < 1.29 is 24.2 Å². The van der Waals surface area contributed by atoms with Crippen LogP contribution < -0.4 is 4.74 Å². The molecule has 10 nitrogen and oxygen atoms in total. The topological polar surface area (TPSA) is 125 Å². The Morgan fingerprint density at radius 1 is 1.00 bits per heavy atom. The molecule has 1 aliphatic carbocycles. The molecule has 0 bridgehead atoms. The number of methoxy groups -OCH3 is 1. The summed E-state index contributed by atoms with van der Waals surface area (Å²) in [5.74, 6) is -0.165. The van der Waals surface area contributed by atoms with Crippen LogP contribution >= 0.6 is 23.2 Å². The number of carbonyl (C=O) groups is 1. The van der Waals surface area contributed by atoms with Gasteiger partial charge in [0.1, 0.15) is 11.2 Å². The molecule has 0 radical (unpaired) electrons. The number of benzene rings is 3. The molecule has 3 atom stereocenters. The number of carboxylic acid groups (broad SMARTS) is 1. The standard InChI is InChI=1S/C38H37Cl2N5O5/c1-20-23(25-7-4-8-27(33(25)39)30-16-41-31(37(43-30)49-2)19-44-13-12-22(46)18-44)5-3-6-24(20)36-42-29-15-28-26(34(40)35(29)50-36)9-10-32(28)45-14-11-21(17-45)38(47)48/h3-8,15-16,21-22,32,46H,9-14,17-19H2,1-2H3,(H,47,48)/t21-,22-,32-/m1/s1. The molecule has 258 valence electrons. The number of carboxylic acids is 1.